The number of carbonyl (C=O) groups is 1. The molecule has 1 aliphatic carbocycles. The van der Waals surface area contributed by atoms with Gasteiger partial charge < -0.3 is 9.88 Å². The summed E-state index contributed by atoms with van der Waals surface area (Å²) in [7, 11) is 0. The number of amides is 1. The van der Waals surface area contributed by atoms with Gasteiger partial charge in [0.1, 0.15) is 5.69 Å². The van der Waals surface area contributed by atoms with E-state index < -0.39 is 0 Å². The average molecular weight is 309 g/mol. The highest BCUT2D eigenvalue weighted by Gasteiger charge is 2.31. The van der Waals surface area contributed by atoms with Crippen molar-refractivity contribution in [1.82, 2.24) is 14.8 Å². The number of benzene rings is 1. The summed E-state index contributed by atoms with van der Waals surface area (Å²) in [5.74, 6) is 0.788. The standard InChI is InChI=1S/C19H23N3O/c23-19(18-17(8-9-20-18)16-6-7-16)22-12-10-21(11-13-22)14-15-4-2-1-3-5-15/h1-5,8-9,16,20H,6-7,10-14H2. The van der Waals surface area contributed by atoms with Crippen LogP contribution in [0, 0.1) is 0 Å². The Morgan fingerprint density at radius 2 is 1.78 bits per heavy atom. The number of piperazine rings is 1. The molecular formula is C19H23N3O. The fourth-order valence-electron chi connectivity index (χ4n) is 3.41. The third kappa shape index (κ3) is 3.17. The molecule has 4 rings (SSSR count). The summed E-state index contributed by atoms with van der Waals surface area (Å²) < 4.78 is 0. The number of aromatic nitrogens is 1. The number of carbonyl (C=O) groups excluding carboxylic acids is 1. The molecule has 1 aromatic heterocycles. The van der Waals surface area contributed by atoms with Gasteiger partial charge in [0, 0.05) is 38.9 Å². The van der Waals surface area contributed by atoms with Gasteiger partial charge in [0.25, 0.3) is 5.91 Å². The van der Waals surface area contributed by atoms with Gasteiger partial charge in [-0.15, -0.1) is 0 Å². The van der Waals surface area contributed by atoms with Crippen LogP contribution in [0.2, 0.25) is 0 Å². The maximum Gasteiger partial charge on any atom is 0.270 e. The van der Waals surface area contributed by atoms with Gasteiger partial charge in [-0.25, -0.2) is 0 Å². The lowest BCUT2D eigenvalue weighted by Crippen LogP contribution is -2.48. The van der Waals surface area contributed by atoms with E-state index in [0.717, 1.165) is 38.4 Å². The Hall–Kier alpha value is -2.07. The van der Waals surface area contributed by atoms with Gasteiger partial charge in [0.05, 0.1) is 0 Å². The smallest absolute Gasteiger partial charge is 0.270 e. The summed E-state index contributed by atoms with van der Waals surface area (Å²) in [6.45, 7) is 4.49. The van der Waals surface area contributed by atoms with Crippen LogP contribution < -0.4 is 0 Å². The Morgan fingerprint density at radius 3 is 2.48 bits per heavy atom. The fourth-order valence-corrected chi connectivity index (χ4v) is 3.41. The van der Waals surface area contributed by atoms with E-state index in [9.17, 15) is 4.79 Å². The van der Waals surface area contributed by atoms with Crippen molar-refractivity contribution in [2.24, 2.45) is 0 Å². The molecule has 0 spiro atoms. The number of hydrogen-bond donors (Lipinski definition) is 1. The van der Waals surface area contributed by atoms with Crippen LogP contribution in [0.25, 0.3) is 0 Å². The molecule has 23 heavy (non-hydrogen) atoms. The zero-order valence-electron chi connectivity index (χ0n) is 13.4. The molecule has 2 aromatic rings. The van der Waals surface area contributed by atoms with E-state index in [4.69, 9.17) is 0 Å². The first-order chi connectivity index (χ1) is 11.3. The van der Waals surface area contributed by atoms with E-state index in [1.165, 1.54) is 24.0 Å². The van der Waals surface area contributed by atoms with Gasteiger partial charge in [-0.2, -0.15) is 0 Å². The summed E-state index contributed by atoms with van der Waals surface area (Å²) in [5, 5.41) is 0. The average Bonchev–Trinajstić information content (AvgIpc) is 3.33. The Bertz CT molecular complexity index is 667. The molecule has 120 valence electrons. The molecule has 0 bridgehead atoms. The second kappa shape index (κ2) is 6.20. The minimum atomic E-state index is 0.177. The van der Waals surface area contributed by atoms with Crippen molar-refractivity contribution in [2.75, 3.05) is 26.2 Å². The maximum absolute atomic E-state index is 12.8. The van der Waals surface area contributed by atoms with E-state index in [-0.39, 0.29) is 5.91 Å². The number of nitrogens with zero attached hydrogens (tertiary/aromatic N) is 2. The highest BCUT2D eigenvalue weighted by molar-refractivity contribution is 5.94. The molecule has 2 heterocycles. The van der Waals surface area contributed by atoms with Crippen molar-refractivity contribution in [3.63, 3.8) is 0 Å². The van der Waals surface area contributed by atoms with Gasteiger partial charge >= 0.3 is 0 Å². The van der Waals surface area contributed by atoms with E-state index >= 15 is 0 Å². The first-order valence-electron chi connectivity index (χ1n) is 8.54. The molecule has 1 N–H and O–H groups in total. The summed E-state index contributed by atoms with van der Waals surface area (Å²) in [6.07, 6.45) is 4.36. The van der Waals surface area contributed by atoms with Crippen LogP contribution >= 0.6 is 0 Å². The predicted molar refractivity (Wildman–Crippen MR) is 90.4 cm³/mol. The Labute approximate surface area is 137 Å². The molecule has 0 atom stereocenters. The van der Waals surface area contributed by atoms with Crippen LogP contribution in [0.4, 0.5) is 0 Å². The molecule has 1 aliphatic heterocycles. The highest BCUT2D eigenvalue weighted by atomic mass is 16.2. The van der Waals surface area contributed by atoms with Crippen LogP contribution in [0.5, 0.6) is 0 Å². The molecule has 1 amide bonds. The second-order valence-electron chi connectivity index (χ2n) is 6.64. The Morgan fingerprint density at radius 1 is 1.04 bits per heavy atom. The summed E-state index contributed by atoms with van der Waals surface area (Å²) in [5.41, 5.74) is 3.39. The molecule has 0 unspecified atom stereocenters. The molecule has 2 fully saturated rings. The van der Waals surface area contributed by atoms with Crippen LogP contribution in [0.1, 0.15) is 40.4 Å². The third-order valence-electron chi connectivity index (χ3n) is 4.92. The van der Waals surface area contributed by atoms with Crippen molar-refractivity contribution < 1.29 is 4.79 Å². The molecule has 0 radical (unpaired) electrons. The van der Waals surface area contributed by atoms with E-state index in [2.05, 4.69) is 40.2 Å². The lowest BCUT2D eigenvalue weighted by molar-refractivity contribution is 0.0622. The Balaban J connectivity index is 1.35. The van der Waals surface area contributed by atoms with E-state index in [1.54, 1.807) is 0 Å². The van der Waals surface area contributed by atoms with Crippen molar-refractivity contribution in [2.45, 2.75) is 25.3 Å². The lowest BCUT2D eigenvalue weighted by atomic mass is 10.1. The van der Waals surface area contributed by atoms with Gasteiger partial charge in [-0.1, -0.05) is 30.3 Å². The van der Waals surface area contributed by atoms with Crippen LogP contribution in [-0.2, 0) is 6.54 Å². The number of nitrogens with one attached hydrogen (secondary N) is 1. The maximum atomic E-state index is 12.8. The Kier molecular flexibility index (Phi) is 3.92. The van der Waals surface area contributed by atoms with E-state index in [0.29, 0.717) is 5.92 Å². The molecule has 1 saturated carbocycles. The van der Waals surface area contributed by atoms with Gasteiger partial charge in [-0.05, 0) is 36.0 Å². The normalized spacial score (nSPS) is 19.0. The molecule has 4 nitrogen and oxygen atoms in total. The van der Waals surface area contributed by atoms with Crippen LogP contribution in [-0.4, -0.2) is 46.9 Å². The van der Waals surface area contributed by atoms with Crippen LogP contribution in [0.3, 0.4) is 0 Å². The van der Waals surface area contributed by atoms with Crippen molar-refractivity contribution in [3.8, 4) is 0 Å². The zero-order valence-corrected chi connectivity index (χ0v) is 13.4. The summed E-state index contributed by atoms with van der Waals surface area (Å²) in [4.78, 5) is 20.4. The highest BCUT2D eigenvalue weighted by Crippen LogP contribution is 2.41. The first kappa shape index (κ1) is 14.5. The van der Waals surface area contributed by atoms with Crippen molar-refractivity contribution in [1.29, 1.82) is 0 Å². The minimum Gasteiger partial charge on any atom is -0.357 e. The number of H-pyrrole nitrogens is 1. The summed E-state index contributed by atoms with van der Waals surface area (Å²) in [6, 6.07) is 12.6. The lowest BCUT2D eigenvalue weighted by Gasteiger charge is -2.34. The molecule has 2 aliphatic rings. The SMILES string of the molecule is O=C(c1[nH]ccc1C1CC1)N1CCN(Cc2ccccc2)CC1. The zero-order chi connectivity index (χ0) is 15.6. The fraction of sp³-hybridized carbons (Fsp3) is 0.421. The van der Waals surface area contributed by atoms with Gasteiger partial charge in [0.2, 0.25) is 0 Å². The second-order valence-corrected chi connectivity index (χ2v) is 6.64. The number of aromatic amines is 1. The van der Waals surface area contributed by atoms with Gasteiger partial charge in [0.15, 0.2) is 0 Å². The minimum absolute atomic E-state index is 0.177. The van der Waals surface area contributed by atoms with E-state index in [1.807, 2.05) is 17.2 Å². The third-order valence-corrected chi connectivity index (χ3v) is 4.92. The first-order valence-corrected chi connectivity index (χ1v) is 8.54. The number of rotatable bonds is 4. The quantitative estimate of drug-likeness (QED) is 0.943. The van der Waals surface area contributed by atoms with Crippen molar-refractivity contribution >= 4 is 5.91 Å². The topological polar surface area (TPSA) is 39.3 Å². The number of hydrogen-bond acceptors (Lipinski definition) is 2. The summed E-state index contributed by atoms with van der Waals surface area (Å²) >= 11 is 0. The monoisotopic (exact) mass is 309 g/mol. The van der Waals surface area contributed by atoms with Gasteiger partial charge in [-0.3, -0.25) is 9.69 Å². The largest absolute Gasteiger partial charge is 0.357 e. The van der Waals surface area contributed by atoms with Crippen LogP contribution in [0.15, 0.2) is 42.6 Å². The molecule has 1 aromatic carbocycles. The molecular weight excluding hydrogens is 286 g/mol. The molecule has 1 saturated heterocycles. The molecule has 4 heteroatoms. The predicted octanol–water partition coefficient (Wildman–Crippen LogP) is 2.85. The van der Waals surface area contributed by atoms with Crippen molar-refractivity contribution in [3.05, 3.63) is 59.4 Å².